The van der Waals surface area contributed by atoms with Crippen molar-refractivity contribution < 1.29 is 15.8 Å². The number of fused-ring (bicyclic) bond motifs is 1. The first-order valence-corrected chi connectivity index (χ1v) is 6.09. The average molecular weight is 264 g/mol. The zero-order valence-corrected chi connectivity index (χ0v) is 11.3. The van der Waals surface area contributed by atoms with E-state index in [2.05, 4.69) is 9.99 Å². The maximum atomic E-state index is 11.3. The molecule has 0 fully saturated rings. The van der Waals surface area contributed by atoms with Gasteiger partial charge in [0.15, 0.2) is 0 Å². The van der Waals surface area contributed by atoms with Crippen LogP contribution in [0.1, 0.15) is 42.4 Å². The van der Waals surface area contributed by atoms with Gasteiger partial charge in [-0.1, -0.05) is 24.2 Å². The van der Waals surface area contributed by atoms with E-state index >= 15 is 0 Å². The quantitative estimate of drug-likeness (QED) is 0.478. The predicted octanol–water partition coefficient (Wildman–Crippen LogP) is 2.33. The second kappa shape index (κ2) is 7.31. The van der Waals surface area contributed by atoms with E-state index in [9.17, 15) is 9.59 Å². The Balaban J connectivity index is 0.000000221. The maximum absolute atomic E-state index is 11.3. The molecule has 1 aromatic rings. The molecule has 2 rings (SSSR count). The van der Waals surface area contributed by atoms with Crippen LogP contribution >= 0.6 is 0 Å². The number of benzene rings is 1. The van der Waals surface area contributed by atoms with Gasteiger partial charge >= 0.3 is 0 Å². The average Bonchev–Trinajstić information content (AvgIpc) is 2.71. The first-order chi connectivity index (χ1) is 9.52. The molecular weight excluding hydrogens is 244 g/mol. The molecule has 2 amide bonds. The number of imide groups is 1. The maximum Gasteiger partial charge on any atom is 0.261 e. The molecule has 0 aliphatic carbocycles. The first kappa shape index (κ1) is 13.3. The highest BCUT2D eigenvalue weighted by Crippen LogP contribution is 2.20. The minimum Gasteiger partial charge on any atom is -0.396 e. The number of carbonyl (C=O) groups is 2. The lowest BCUT2D eigenvalue weighted by Gasteiger charge is -2.02. The normalized spacial score (nSPS) is 14.6. The van der Waals surface area contributed by atoms with Crippen LogP contribution in [0.2, 0.25) is 0 Å². The minimum absolute atomic E-state index is 0.212. The summed E-state index contributed by atoms with van der Waals surface area (Å²) in [5.41, 5.74) is 1.01. The molecule has 1 aliphatic rings. The largest absolute Gasteiger partial charge is 0.396 e. The summed E-state index contributed by atoms with van der Waals surface area (Å²) in [4.78, 5) is 28.3. The van der Waals surface area contributed by atoms with Crippen molar-refractivity contribution in [2.24, 2.45) is 5.16 Å². The summed E-state index contributed by atoms with van der Waals surface area (Å²) in [5, 5.41) is 3.44. The molecule has 102 valence electrons. The van der Waals surface area contributed by atoms with Gasteiger partial charge in [-0.05, 0) is 25.5 Å². The van der Waals surface area contributed by atoms with E-state index in [1.54, 1.807) is 24.3 Å². The number of carbonyl (C=O) groups excluding carboxylic acids is 2. The van der Waals surface area contributed by atoms with Crippen LogP contribution in [-0.4, -0.2) is 36.6 Å². The van der Waals surface area contributed by atoms with Crippen LogP contribution in [0.15, 0.2) is 29.4 Å². The highest BCUT2D eigenvalue weighted by molar-refractivity contribution is 6.21. The van der Waals surface area contributed by atoms with Crippen molar-refractivity contribution in [1.82, 2.24) is 4.90 Å². The van der Waals surface area contributed by atoms with Gasteiger partial charge in [0.25, 0.3) is 11.8 Å². The van der Waals surface area contributed by atoms with Gasteiger partial charge in [-0.3, -0.25) is 14.5 Å². The number of rotatable bonds is 3. The highest BCUT2D eigenvalue weighted by atomic mass is 16.6. The van der Waals surface area contributed by atoms with Crippen LogP contribution in [0, 0.1) is 0 Å². The fourth-order valence-corrected chi connectivity index (χ4v) is 1.48. The van der Waals surface area contributed by atoms with Gasteiger partial charge in [0.05, 0.1) is 12.5 Å². The number of hydrogen-bond donors (Lipinski definition) is 0. The van der Waals surface area contributed by atoms with Gasteiger partial charge < -0.3 is 4.84 Å². The molecular formula is C14H18N2O3. The van der Waals surface area contributed by atoms with Crippen LogP contribution in [0.3, 0.4) is 0 Å². The van der Waals surface area contributed by atoms with Gasteiger partial charge in [0.2, 0.25) is 0 Å². The minimum atomic E-state index is -0.212. The van der Waals surface area contributed by atoms with Gasteiger partial charge in [0.1, 0.15) is 6.61 Å². The molecule has 5 nitrogen and oxygen atoms in total. The van der Waals surface area contributed by atoms with Crippen LogP contribution < -0.4 is 0 Å². The van der Waals surface area contributed by atoms with Crippen LogP contribution in [0.25, 0.3) is 0 Å². The summed E-state index contributed by atoms with van der Waals surface area (Å²) < 4.78 is 6.95. The molecule has 0 saturated heterocycles. The molecule has 1 heterocycles. The van der Waals surface area contributed by atoms with Crippen molar-refractivity contribution in [2.45, 2.75) is 20.3 Å². The molecule has 0 radical (unpaired) electrons. The predicted molar refractivity (Wildman–Crippen MR) is 73.3 cm³/mol. The van der Waals surface area contributed by atoms with E-state index in [0.29, 0.717) is 30.3 Å². The van der Waals surface area contributed by atoms with E-state index in [1.807, 2.05) is 13.8 Å². The molecule has 0 spiro atoms. The Morgan fingerprint density at radius 1 is 1.26 bits per heavy atom. The third-order valence-corrected chi connectivity index (χ3v) is 2.41. The topological polar surface area (TPSA) is 59.0 Å². The summed E-state index contributed by atoms with van der Waals surface area (Å²) >= 11 is 0. The Labute approximate surface area is 114 Å². The zero-order chi connectivity index (χ0) is 15.1. The van der Waals surface area contributed by atoms with Crippen molar-refractivity contribution in [3.63, 3.8) is 0 Å². The van der Waals surface area contributed by atoms with Crippen molar-refractivity contribution in [3.05, 3.63) is 35.4 Å². The Kier molecular flexibility index (Phi) is 5.10. The van der Waals surface area contributed by atoms with E-state index in [1.165, 1.54) is 7.05 Å². The Morgan fingerprint density at radius 2 is 1.79 bits per heavy atom. The Hall–Kier alpha value is -2.17. The van der Waals surface area contributed by atoms with E-state index < -0.39 is 0 Å². The van der Waals surface area contributed by atoms with Crippen molar-refractivity contribution in [2.75, 3.05) is 13.7 Å². The third kappa shape index (κ3) is 3.64. The number of amides is 2. The van der Waals surface area contributed by atoms with Crippen LogP contribution in [0.5, 0.6) is 0 Å². The second-order valence-corrected chi connectivity index (χ2v) is 3.74. The summed E-state index contributed by atoms with van der Waals surface area (Å²) in [6.07, 6.45) is 0.937. The van der Waals surface area contributed by atoms with E-state index in [4.69, 9.17) is 1.37 Å². The molecule has 0 N–H and O–H groups in total. The van der Waals surface area contributed by atoms with Gasteiger partial charge in [-0.2, -0.15) is 0 Å². The lowest BCUT2D eigenvalue weighted by atomic mass is 10.1. The van der Waals surface area contributed by atoms with Gasteiger partial charge in [0, 0.05) is 13.2 Å². The highest BCUT2D eigenvalue weighted by Gasteiger charge is 2.31. The summed E-state index contributed by atoms with van der Waals surface area (Å²) in [6, 6.07) is 6.84. The monoisotopic (exact) mass is 264 g/mol. The molecule has 1 aliphatic heterocycles. The number of nitrogens with zero attached hydrogens (tertiary/aromatic N) is 2. The second-order valence-electron chi connectivity index (χ2n) is 3.74. The van der Waals surface area contributed by atoms with Crippen molar-refractivity contribution >= 4 is 18.0 Å². The fraction of sp³-hybridized carbons (Fsp3) is 0.357. The zero-order valence-electron chi connectivity index (χ0n) is 12.3. The number of oxime groups is 1. The van der Waals surface area contributed by atoms with E-state index in [0.717, 1.165) is 4.90 Å². The van der Waals surface area contributed by atoms with Crippen LogP contribution in [0.4, 0.5) is 0 Å². The van der Waals surface area contributed by atoms with Crippen molar-refractivity contribution in [3.8, 4) is 0 Å². The molecule has 0 saturated carbocycles. The lowest BCUT2D eigenvalue weighted by molar-refractivity contribution is 0.0693. The summed E-state index contributed by atoms with van der Waals surface area (Å²) in [7, 11) is 1.49. The van der Waals surface area contributed by atoms with Crippen molar-refractivity contribution in [1.29, 1.82) is 0 Å². The Bertz CT molecular complexity index is 494. The third-order valence-electron chi connectivity index (χ3n) is 2.41. The Morgan fingerprint density at radius 3 is 2.21 bits per heavy atom. The number of hydrogen-bond acceptors (Lipinski definition) is 4. The van der Waals surface area contributed by atoms with Gasteiger partial charge in [-0.15, -0.1) is 0 Å². The van der Waals surface area contributed by atoms with Crippen LogP contribution in [-0.2, 0) is 4.84 Å². The molecule has 0 atom stereocenters. The molecule has 0 bridgehead atoms. The molecule has 5 heteroatoms. The summed E-state index contributed by atoms with van der Waals surface area (Å²) in [5.74, 6) is -0.425. The molecule has 0 aromatic heterocycles. The van der Waals surface area contributed by atoms with Gasteiger partial charge in [-0.25, -0.2) is 0 Å². The molecule has 0 unspecified atom stereocenters. The molecule has 19 heavy (non-hydrogen) atoms. The van der Waals surface area contributed by atoms with E-state index in [-0.39, 0.29) is 11.8 Å². The summed E-state index contributed by atoms with van der Waals surface area (Å²) in [6.45, 7) is 4.25. The lowest BCUT2D eigenvalue weighted by Crippen LogP contribution is -2.24. The molecule has 1 aromatic carbocycles. The fourth-order valence-electron chi connectivity index (χ4n) is 1.48. The first-order valence-electron chi connectivity index (χ1n) is 6.59. The smallest absolute Gasteiger partial charge is 0.261 e. The standard InChI is InChI=1S/C9H7NO2.C5H11NO/c1-10-8(11)6-4-2-3-5-7(6)9(10)12;1-3-5-6-7-4-2/h2-5H,1H3;5H,3-4H2,1-2H3/b;6-5+/i;5T. The SMILES string of the molecule is CN1C(=O)c2ccccc2C1=O.[3H]/C(CC)=N\OCC.